The maximum Gasteiger partial charge on any atom is 0.161 e. The molecule has 1 aromatic carbocycles. The van der Waals surface area contributed by atoms with Crippen LogP contribution in [0.4, 0.5) is 13.2 Å². The maximum absolute atomic E-state index is 13.4. The van der Waals surface area contributed by atoms with Gasteiger partial charge in [0.2, 0.25) is 0 Å². The van der Waals surface area contributed by atoms with Crippen LogP contribution in [0, 0.1) is 17.5 Å². The molecule has 1 aromatic rings. The highest BCUT2D eigenvalue weighted by Crippen LogP contribution is 2.35. The summed E-state index contributed by atoms with van der Waals surface area (Å²) in [4.78, 5) is 2.17. The van der Waals surface area contributed by atoms with Crippen molar-refractivity contribution in [1.29, 1.82) is 0 Å². The summed E-state index contributed by atoms with van der Waals surface area (Å²) in [5.41, 5.74) is 0.279. The van der Waals surface area contributed by atoms with Gasteiger partial charge in [0.05, 0.1) is 0 Å². The van der Waals surface area contributed by atoms with Gasteiger partial charge in [0, 0.05) is 30.3 Å². The Morgan fingerprint density at radius 1 is 1.11 bits per heavy atom. The molecule has 0 radical (unpaired) electrons. The zero-order valence-electron chi connectivity index (χ0n) is 11.3. The van der Waals surface area contributed by atoms with Crippen molar-refractivity contribution in [3.05, 3.63) is 35.1 Å². The summed E-state index contributed by atoms with van der Waals surface area (Å²) in [7, 11) is 4.05. The number of nitrogens with one attached hydrogen (secondary N) is 1. The number of halogens is 3. The van der Waals surface area contributed by atoms with Gasteiger partial charge in [-0.3, -0.25) is 0 Å². The fourth-order valence-electron chi connectivity index (χ4n) is 2.50. The van der Waals surface area contributed by atoms with Crippen LogP contribution in [0.3, 0.4) is 0 Å². The second-order valence-corrected chi connectivity index (χ2v) is 5.43. The highest BCUT2D eigenvalue weighted by Gasteiger charge is 2.38. The lowest BCUT2D eigenvalue weighted by molar-refractivity contribution is 0.0597. The standard InChI is InChI=1S/C14H19F3N2/c1-19(2)14(4-3-5-14)9-18-8-10-6-12(16)13(17)7-11(10)15/h6-7,18H,3-5,8-9H2,1-2H3. The van der Waals surface area contributed by atoms with Gasteiger partial charge in [-0.15, -0.1) is 0 Å². The van der Waals surface area contributed by atoms with Crippen LogP contribution in [0.2, 0.25) is 0 Å². The summed E-state index contributed by atoms with van der Waals surface area (Å²) in [6, 6.07) is 1.51. The van der Waals surface area contributed by atoms with Crippen molar-refractivity contribution in [2.75, 3.05) is 20.6 Å². The van der Waals surface area contributed by atoms with Crippen molar-refractivity contribution in [1.82, 2.24) is 10.2 Å². The quantitative estimate of drug-likeness (QED) is 0.829. The van der Waals surface area contributed by atoms with E-state index in [0.29, 0.717) is 6.07 Å². The van der Waals surface area contributed by atoms with Gasteiger partial charge in [-0.2, -0.15) is 0 Å². The van der Waals surface area contributed by atoms with Crippen LogP contribution in [0.15, 0.2) is 12.1 Å². The Morgan fingerprint density at radius 3 is 2.26 bits per heavy atom. The summed E-state index contributed by atoms with van der Waals surface area (Å²) in [5, 5.41) is 3.14. The summed E-state index contributed by atoms with van der Waals surface area (Å²) >= 11 is 0. The zero-order valence-corrected chi connectivity index (χ0v) is 11.3. The first-order chi connectivity index (χ1) is 8.94. The van der Waals surface area contributed by atoms with Gasteiger partial charge in [0.25, 0.3) is 0 Å². The number of likely N-dealkylation sites (N-methyl/N-ethyl adjacent to an activating group) is 1. The Bertz CT molecular complexity index is 456. The van der Waals surface area contributed by atoms with Crippen molar-refractivity contribution in [2.24, 2.45) is 0 Å². The zero-order chi connectivity index (χ0) is 14.0. The average molecular weight is 272 g/mol. The highest BCUT2D eigenvalue weighted by molar-refractivity contribution is 5.20. The van der Waals surface area contributed by atoms with Crippen LogP contribution in [0.5, 0.6) is 0 Å². The number of nitrogens with zero attached hydrogens (tertiary/aromatic N) is 1. The predicted octanol–water partition coefficient (Wildman–Crippen LogP) is 2.68. The molecular weight excluding hydrogens is 253 g/mol. The molecular formula is C14H19F3N2. The third-order valence-electron chi connectivity index (χ3n) is 4.09. The monoisotopic (exact) mass is 272 g/mol. The molecule has 0 amide bonds. The minimum atomic E-state index is -1.15. The molecule has 0 spiro atoms. The van der Waals surface area contributed by atoms with Crippen molar-refractivity contribution in [3.63, 3.8) is 0 Å². The van der Waals surface area contributed by atoms with E-state index in [1.807, 2.05) is 14.1 Å². The second kappa shape index (κ2) is 5.51. The molecule has 1 saturated carbocycles. The van der Waals surface area contributed by atoms with Crippen molar-refractivity contribution in [2.45, 2.75) is 31.3 Å². The van der Waals surface area contributed by atoms with E-state index in [4.69, 9.17) is 0 Å². The molecule has 1 fully saturated rings. The molecule has 0 unspecified atom stereocenters. The van der Waals surface area contributed by atoms with Gasteiger partial charge in [0.1, 0.15) is 5.82 Å². The second-order valence-electron chi connectivity index (χ2n) is 5.43. The van der Waals surface area contributed by atoms with E-state index >= 15 is 0 Å². The lowest BCUT2D eigenvalue weighted by Crippen LogP contribution is -2.56. The Kier molecular flexibility index (Phi) is 4.16. The third kappa shape index (κ3) is 2.92. The van der Waals surface area contributed by atoms with Crippen LogP contribution < -0.4 is 5.32 Å². The Hall–Kier alpha value is -1.07. The van der Waals surface area contributed by atoms with Gasteiger partial charge >= 0.3 is 0 Å². The van der Waals surface area contributed by atoms with Crippen LogP contribution >= 0.6 is 0 Å². The SMILES string of the molecule is CN(C)C1(CNCc2cc(F)c(F)cc2F)CCC1. The summed E-state index contributed by atoms with van der Waals surface area (Å²) in [5.74, 6) is -2.87. The molecule has 19 heavy (non-hydrogen) atoms. The van der Waals surface area contributed by atoms with E-state index in [2.05, 4.69) is 10.2 Å². The van der Waals surface area contributed by atoms with Gasteiger partial charge in [-0.05, 0) is 39.4 Å². The lowest BCUT2D eigenvalue weighted by atomic mass is 9.75. The van der Waals surface area contributed by atoms with E-state index in [1.54, 1.807) is 0 Å². The first kappa shape index (κ1) is 14.3. The van der Waals surface area contributed by atoms with Gasteiger partial charge in [-0.25, -0.2) is 13.2 Å². The van der Waals surface area contributed by atoms with E-state index in [0.717, 1.165) is 25.5 Å². The molecule has 2 nitrogen and oxygen atoms in total. The molecule has 5 heteroatoms. The smallest absolute Gasteiger partial charge is 0.161 e. The molecule has 0 aliphatic heterocycles. The molecule has 0 saturated heterocycles. The fraction of sp³-hybridized carbons (Fsp3) is 0.571. The minimum Gasteiger partial charge on any atom is -0.311 e. The maximum atomic E-state index is 13.4. The number of hydrogen-bond acceptors (Lipinski definition) is 2. The Morgan fingerprint density at radius 2 is 1.74 bits per heavy atom. The van der Waals surface area contributed by atoms with Crippen LogP contribution in [-0.4, -0.2) is 31.1 Å². The minimum absolute atomic E-state index is 0.120. The molecule has 0 bridgehead atoms. The topological polar surface area (TPSA) is 15.3 Å². The molecule has 2 rings (SSSR count). The highest BCUT2D eigenvalue weighted by atomic mass is 19.2. The van der Waals surface area contributed by atoms with E-state index in [-0.39, 0.29) is 17.6 Å². The summed E-state index contributed by atoms with van der Waals surface area (Å²) in [6.07, 6.45) is 3.40. The third-order valence-corrected chi connectivity index (χ3v) is 4.09. The van der Waals surface area contributed by atoms with Crippen molar-refractivity contribution in [3.8, 4) is 0 Å². The normalized spacial score (nSPS) is 17.6. The van der Waals surface area contributed by atoms with Crippen molar-refractivity contribution >= 4 is 0 Å². The fourth-order valence-corrected chi connectivity index (χ4v) is 2.50. The molecule has 1 aliphatic carbocycles. The number of benzene rings is 1. The van der Waals surface area contributed by atoms with Gasteiger partial charge in [-0.1, -0.05) is 0 Å². The van der Waals surface area contributed by atoms with Crippen LogP contribution in [0.1, 0.15) is 24.8 Å². The van der Waals surface area contributed by atoms with Crippen LogP contribution in [0.25, 0.3) is 0 Å². The molecule has 0 atom stereocenters. The number of hydrogen-bond donors (Lipinski definition) is 1. The largest absolute Gasteiger partial charge is 0.311 e. The first-order valence-corrected chi connectivity index (χ1v) is 6.46. The van der Waals surface area contributed by atoms with Crippen LogP contribution in [-0.2, 0) is 6.54 Å². The number of rotatable bonds is 5. The predicted molar refractivity (Wildman–Crippen MR) is 68.3 cm³/mol. The average Bonchev–Trinajstić information content (AvgIpc) is 2.28. The summed E-state index contributed by atoms with van der Waals surface area (Å²) < 4.78 is 39.3. The molecule has 1 N–H and O–H groups in total. The van der Waals surface area contributed by atoms with Crippen molar-refractivity contribution < 1.29 is 13.2 Å². The summed E-state index contributed by atoms with van der Waals surface area (Å²) in [6.45, 7) is 0.928. The Labute approximate surface area is 111 Å². The molecule has 0 aromatic heterocycles. The van der Waals surface area contributed by atoms with E-state index < -0.39 is 17.5 Å². The van der Waals surface area contributed by atoms with Gasteiger partial charge in [0.15, 0.2) is 11.6 Å². The molecule has 1 aliphatic rings. The Balaban J connectivity index is 1.94. The first-order valence-electron chi connectivity index (χ1n) is 6.46. The van der Waals surface area contributed by atoms with E-state index in [1.165, 1.54) is 6.42 Å². The lowest BCUT2D eigenvalue weighted by Gasteiger charge is -2.47. The molecule has 106 valence electrons. The molecule has 0 heterocycles. The van der Waals surface area contributed by atoms with E-state index in [9.17, 15) is 13.2 Å². The van der Waals surface area contributed by atoms with Gasteiger partial charge < -0.3 is 10.2 Å².